The van der Waals surface area contributed by atoms with Crippen LogP contribution in [0.5, 0.6) is 11.5 Å². The highest BCUT2D eigenvalue weighted by molar-refractivity contribution is 5.79. The van der Waals surface area contributed by atoms with E-state index in [1.165, 1.54) is 0 Å². The Morgan fingerprint density at radius 2 is 2.13 bits per heavy atom. The summed E-state index contributed by atoms with van der Waals surface area (Å²) in [5, 5.41) is 11.9. The molecule has 1 amide bonds. The first kappa shape index (κ1) is 18.6. The van der Waals surface area contributed by atoms with Crippen molar-refractivity contribution in [3.8, 4) is 17.6 Å². The summed E-state index contributed by atoms with van der Waals surface area (Å²) in [6, 6.07) is 7.60. The number of allylic oxidation sites excluding steroid dienone is 1. The summed E-state index contributed by atoms with van der Waals surface area (Å²) in [6.07, 6.45) is 3.87. The van der Waals surface area contributed by atoms with E-state index in [4.69, 9.17) is 9.47 Å². The third kappa shape index (κ3) is 5.03. The quantitative estimate of drug-likeness (QED) is 0.838. The maximum atomic E-state index is 12.0. The Morgan fingerprint density at radius 3 is 2.65 bits per heavy atom. The number of hydrogen-bond acceptors (Lipinski definition) is 4. The van der Waals surface area contributed by atoms with Gasteiger partial charge in [-0.2, -0.15) is 5.26 Å². The summed E-state index contributed by atoms with van der Waals surface area (Å²) >= 11 is 0. The van der Waals surface area contributed by atoms with Crippen LogP contribution in [-0.2, 0) is 4.79 Å². The fraction of sp³-hybridized carbons (Fsp3) is 0.444. The lowest BCUT2D eigenvalue weighted by atomic mass is 9.90. The standard InChI is InChI=1S/C18H24N2O3/c1-6-7-14-8-9-15(16(10-14)22-5)23-11-17(21)20-18(4,12-19)13(2)3/h6-10,13H,11H2,1-5H3,(H,20,21)/b7-6+. The predicted octanol–water partition coefficient (Wildman–Crippen LogP) is 3.16. The average molecular weight is 316 g/mol. The average Bonchev–Trinajstić information content (AvgIpc) is 2.53. The van der Waals surface area contributed by atoms with Crippen LogP contribution in [0, 0.1) is 17.2 Å². The predicted molar refractivity (Wildman–Crippen MR) is 90.2 cm³/mol. The molecule has 1 unspecified atom stereocenters. The SMILES string of the molecule is C/C=C/c1ccc(OCC(=O)NC(C)(C#N)C(C)C)c(OC)c1. The fourth-order valence-electron chi connectivity index (χ4n) is 1.87. The van der Waals surface area contributed by atoms with Crippen LogP contribution in [0.25, 0.3) is 6.08 Å². The first-order chi connectivity index (χ1) is 10.9. The molecule has 23 heavy (non-hydrogen) atoms. The Labute approximate surface area is 137 Å². The van der Waals surface area contributed by atoms with E-state index >= 15 is 0 Å². The molecule has 1 aromatic rings. The lowest BCUT2D eigenvalue weighted by molar-refractivity contribution is -0.124. The number of methoxy groups -OCH3 is 1. The monoisotopic (exact) mass is 316 g/mol. The highest BCUT2D eigenvalue weighted by Crippen LogP contribution is 2.28. The number of hydrogen-bond donors (Lipinski definition) is 1. The molecule has 5 heteroatoms. The molecule has 0 saturated carbocycles. The van der Waals surface area contributed by atoms with Crippen LogP contribution >= 0.6 is 0 Å². The van der Waals surface area contributed by atoms with Gasteiger partial charge in [-0.25, -0.2) is 0 Å². The van der Waals surface area contributed by atoms with E-state index in [0.717, 1.165) is 5.56 Å². The fourth-order valence-corrected chi connectivity index (χ4v) is 1.87. The minimum atomic E-state index is -0.916. The summed E-state index contributed by atoms with van der Waals surface area (Å²) in [6.45, 7) is 7.22. The van der Waals surface area contributed by atoms with Gasteiger partial charge in [-0.05, 0) is 37.5 Å². The molecule has 1 aromatic carbocycles. The molecule has 0 fully saturated rings. The molecular formula is C18H24N2O3. The summed E-state index contributed by atoms with van der Waals surface area (Å²) in [5.41, 5.74) is 0.0679. The van der Waals surface area contributed by atoms with Gasteiger partial charge >= 0.3 is 0 Å². The van der Waals surface area contributed by atoms with Gasteiger partial charge in [0.25, 0.3) is 5.91 Å². The Hall–Kier alpha value is -2.48. The van der Waals surface area contributed by atoms with Gasteiger partial charge in [0, 0.05) is 0 Å². The lowest BCUT2D eigenvalue weighted by Gasteiger charge is -2.27. The minimum absolute atomic E-state index is 0.00824. The van der Waals surface area contributed by atoms with Crippen molar-refractivity contribution in [3.05, 3.63) is 29.8 Å². The van der Waals surface area contributed by atoms with E-state index < -0.39 is 5.54 Å². The molecule has 124 valence electrons. The van der Waals surface area contributed by atoms with Crippen LogP contribution in [0.2, 0.25) is 0 Å². The minimum Gasteiger partial charge on any atom is -0.493 e. The molecule has 0 spiro atoms. The maximum absolute atomic E-state index is 12.0. The highest BCUT2D eigenvalue weighted by Gasteiger charge is 2.30. The highest BCUT2D eigenvalue weighted by atomic mass is 16.5. The van der Waals surface area contributed by atoms with Crippen LogP contribution in [0.15, 0.2) is 24.3 Å². The Balaban J connectivity index is 2.75. The zero-order chi connectivity index (χ0) is 17.5. The molecule has 0 radical (unpaired) electrons. The van der Waals surface area contributed by atoms with Gasteiger partial charge in [0.2, 0.25) is 0 Å². The number of carbonyl (C=O) groups excluding carboxylic acids is 1. The smallest absolute Gasteiger partial charge is 0.259 e. The number of nitriles is 1. The van der Waals surface area contributed by atoms with Crippen LogP contribution in [0.3, 0.4) is 0 Å². The molecule has 5 nitrogen and oxygen atoms in total. The number of benzene rings is 1. The molecule has 1 rings (SSSR count). The molecule has 0 aliphatic heterocycles. The van der Waals surface area contributed by atoms with Crippen LogP contribution in [0.4, 0.5) is 0 Å². The summed E-state index contributed by atoms with van der Waals surface area (Å²) in [5.74, 6) is 0.688. The molecule has 0 heterocycles. The van der Waals surface area contributed by atoms with Crippen LogP contribution in [-0.4, -0.2) is 25.2 Å². The van der Waals surface area contributed by atoms with Gasteiger partial charge in [-0.15, -0.1) is 0 Å². The lowest BCUT2D eigenvalue weighted by Crippen LogP contribution is -2.50. The second kappa shape index (κ2) is 8.23. The zero-order valence-corrected chi connectivity index (χ0v) is 14.3. The third-order valence-electron chi connectivity index (χ3n) is 3.69. The number of nitrogens with one attached hydrogen (secondary N) is 1. The maximum Gasteiger partial charge on any atom is 0.259 e. The molecule has 0 aliphatic rings. The van der Waals surface area contributed by atoms with Crippen molar-refractivity contribution >= 4 is 12.0 Å². The number of nitrogens with zero attached hydrogens (tertiary/aromatic N) is 1. The normalized spacial score (nSPS) is 13.4. The first-order valence-corrected chi connectivity index (χ1v) is 7.52. The van der Waals surface area contributed by atoms with E-state index in [0.29, 0.717) is 11.5 Å². The molecule has 0 saturated heterocycles. The molecular weight excluding hydrogens is 292 g/mol. The number of ether oxygens (including phenoxy) is 2. The number of carbonyl (C=O) groups is 1. The van der Waals surface area contributed by atoms with Crippen molar-refractivity contribution in [1.29, 1.82) is 5.26 Å². The largest absolute Gasteiger partial charge is 0.493 e. The van der Waals surface area contributed by atoms with E-state index in [9.17, 15) is 10.1 Å². The van der Waals surface area contributed by atoms with E-state index in [1.54, 1.807) is 20.1 Å². The van der Waals surface area contributed by atoms with E-state index in [2.05, 4.69) is 11.4 Å². The number of amides is 1. The second-order valence-corrected chi connectivity index (χ2v) is 5.72. The van der Waals surface area contributed by atoms with Crippen molar-refractivity contribution in [1.82, 2.24) is 5.32 Å². The topological polar surface area (TPSA) is 71.3 Å². The number of rotatable bonds is 7. The van der Waals surface area contributed by atoms with Crippen molar-refractivity contribution in [3.63, 3.8) is 0 Å². The third-order valence-corrected chi connectivity index (χ3v) is 3.69. The van der Waals surface area contributed by atoms with Crippen molar-refractivity contribution in [2.75, 3.05) is 13.7 Å². The summed E-state index contributed by atoms with van der Waals surface area (Å²) in [7, 11) is 1.55. The van der Waals surface area contributed by atoms with Crippen molar-refractivity contribution in [2.45, 2.75) is 33.2 Å². The molecule has 0 bridgehead atoms. The van der Waals surface area contributed by atoms with Gasteiger partial charge in [0.15, 0.2) is 18.1 Å². The zero-order valence-electron chi connectivity index (χ0n) is 14.3. The van der Waals surface area contributed by atoms with Crippen LogP contribution in [0.1, 0.15) is 33.3 Å². The van der Waals surface area contributed by atoms with Gasteiger partial charge in [0.1, 0.15) is 5.54 Å². The summed E-state index contributed by atoms with van der Waals surface area (Å²) < 4.78 is 10.8. The second-order valence-electron chi connectivity index (χ2n) is 5.72. The molecule has 1 N–H and O–H groups in total. The summed E-state index contributed by atoms with van der Waals surface area (Å²) in [4.78, 5) is 12.0. The van der Waals surface area contributed by atoms with Crippen LogP contribution < -0.4 is 14.8 Å². The van der Waals surface area contributed by atoms with Crippen molar-refractivity contribution < 1.29 is 14.3 Å². The Morgan fingerprint density at radius 1 is 1.43 bits per heavy atom. The Kier molecular flexibility index (Phi) is 6.65. The van der Waals surface area contributed by atoms with Gasteiger partial charge in [0.05, 0.1) is 13.2 Å². The first-order valence-electron chi connectivity index (χ1n) is 7.52. The molecule has 0 aromatic heterocycles. The van der Waals surface area contributed by atoms with Crippen molar-refractivity contribution in [2.24, 2.45) is 5.92 Å². The van der Waals surface area contributed by atoms with Gasteiger partial charge in [-0.1, -0.05) is 32.1 Å². The van der Waals surface area contributed by atoms with Gasteiger partial charge < -0.3 is 14.8 Å². The molecule has 0 aliphatic carbocycles. The Bertz CT molecular complexity index is 617. The van der Waals surface area contributed by atoms with Gasteiger partial charge in [-0.3, -0.25) is 4.79 Å². The van der Waals surface area contributed by atoms with E-state index in [1.807, 2.05) is 45.1 Å². The molecule has 1 atom stereocenters. The van der Waals surface area contributed by atoms with E-state index in [-0.39, 0.29) is 18.4 Å².